The number of aromatic nitrogens is 2. The number of aromatic carboxylic acids is 1. The molecule has 9 heteroatoms. The molecule has 6 nitrogen and oxygen atoms in total. The second-order valence-electron chi connectivity index (χ2n) is 3.15. The molecule has 0 aliphatic rings. The number of aryl methyl sites for hydroxylation is 1. The van der Waals surface area contributed by atoms with Gasteiger partial charge in [-0.05, 0) is 0 Å². The van der Waals surface area contributed by atoms with Gasteiger partial charge >= 0.3 is 18.1 Å². The lowest BCUT2D eigenvalue weighted by Gasteiger charge is -2.06. The molecule has 0 atom stereocenters. The Morgan fingerprint density at radius 2 is 2.12 bits per heavy atom. The van der Waals surface area contributed by atoms with Crippen LogP contribution in [0.3, 0.4) is 0 Å². The van der Waals surface area contributed by atoms with E-state index in [9.17, 15) is 22.8 Å². The molecule has 0 aromatic carbocycles. The lowest BCUT2D eigenvalue weighted by molar-refractivity contribution is -0.173. The van der Waals surface area contributed by atoms with Crippen LogP contribution in [0.15, 0.2) is 6.20 Å². The van der Waals surface area contributed by atoms with Crippen LogP contribution >= 0.6 is 0 Å². The van der Waals surface area contributed by atoms with Crippen molar-refractivity contribution in [1.82, 2.24) is 15.1 Å². The van der Waals surface area contributed by atoms with Gasteiger partial charge in [-0.25, -0.2) is 4.79 Å². The number of alkyl halides is 3. The fourth-order valence-corrected chi connectivity index (χ4v) is 1.11. The lowest BCUT2D eigenvalue weighted by Crippen LogP contribution is -2.36. The molecule has 0 bridgehead atoms. The van der Waals surface area contributed by atoms with Gasteiger partial charge in [0.1, 0.15) is 5.56 Å². The van der Waals surface area contributed by atoms with Crippen LogP contribution in [-0.4, -0.2) is 32.9 Å². The maximum atomic E-state index is 11.9. The second kappa shape index (κ2) is 4.44. The Kier molecular flexibility index (Phi) is 3.39. The molecular weight excluding hydrogens is 243 g/mol. The number of hydrogen-bond donors (Lipinski definition) is 2. The van der Waals surface area contributed by atoms with E-state index in [1.165, 1.54) is 7.05 Å². The van der Waals surface area contributed by atoms with Crippen molar-refractivity contribution in [2.45, 2.75) is 12.7 Å². The van der Waals surface area contributed by atoms with E-state index < -0.39 is 24.6 Å². The topological polar surface area (TPSA) is 84.2 Å². The Bertz CT molecular complexity index is 453. The molecule has 1 aromatic rings. The summed E-state index contributed by atoms with van der Waals surface area (Å²) in [5.41, 5.74) is -0.396. The molecule has 0 saturated carbocycles. The minimum atomic E-state index is -5.00. The molecule has 1 aromatic heterocycles. The molecule has 0 aliphatic heterocycles. The van der Waals surface area contributed by atoms with Gasteiger partial charge < -0.3 is 10.4 Å². The number of nitrogens with one attached hydrogen (secondary N) is 1. The highest BCUT2D eigenvalue weighted by Crippen LogP contribution is 2.14. The number of nitrogens with zero attached hydrogens (tertiary/aromatic N) is 2. The first-order chi connectivity index (χ1) is 7.71. The number of rotatable bonds is 3. The molecular formula is C8H8F3N3O3. The molecule has 1 rings (SSSR count). The van der Waals surface area contributed by atoms with Crippen molar-refractivity contribution < 1.29 is 27.9 Å². The van der Waals surface area contributed by atoms with Crippen LogP contribution in [0.5, 0.6) is 0 Å². The van der Waals surface area contributed by atoms with Crippen molar-refractivity contribution in [3.63, 3.8) is 0 Å². The van der Waals surface area contributed by atoms with Gasteiger partial charge in [0, 0.05) is 13.2 Å². The maximum Gasteiger partial charge on any atom is 0.471 e. The molecule has 0 fully saturated rings. The molecule has 1 heterocycles. The first-order valence-electron chi connectivity index (χ1n) is 4.32. The Balaban J connectivity index is 2.76. The summed E-state index contributed by atoms with van der Waals surface area (Å²) in [6, 6.07) is 0. The van der Waals surface area contributed by atoms with Gasteiger partial charge in [-0.3, -0.25) is 9.48 Å². The predicted molar refractivity (Wildman–Crippen MR) is 48.1 cm³/mol. The summed E-state index contributed by atoms with van der Waals surface area (Å²) in [6.45, 7) is -0.596. The zero-order valence-electron chi connectivity index (χ0n) is 8.58. The average Bonchev–Trinajstić information content (AvgIpc) is 2.54. The average molecular weight is 251 g/mol. The zero-order chi connectivity index (χ0) is 13.2. The highest BCUT2D eigenvalue weighted by atomic mass is 19.4. The van der Waals surface area contributed by atoms with E-state index in [1.807, 2.05) is 0 Å². The number of halogens is 3. The molecule has 0 radical (unpaired) electrons. The third-order valence-electron chi connectivity index (χ3n) is 1.81. The smallest absolute Gasteiger partial charge is 0.471 e. The second-order valence-corrected chi connectivity index (χ2v) is 3.15. The SMILES string of the molecule is Cn1cc(C(=O)O)c(CNC(=O)C(F)(F)F)n1. The fraction of sp³-hybridized carbons (Fsp3) is 0.375. The number of carbonyl (C=O) groups excluding carboxylic acids is 1. The van der Waals surface area contributed by atoms with E-state index in [4.69, 9.17) is 5.11 Å². The van der Waals surface area contributed by atoms with Gasteiger partial charge in [-0.2, -0.15) is 18.3 Å². The van der Waals surface area contributed by atoms with Gasteiger partial charge in [0.2, 0.25) is 0 Å². The molecule has 94 valence electrons. The van der Waals surface area contributed by atoms with Gasteiger partial charge in [0.25, 0.3) is 0 Å². The van der Waals surface area contributed by atoms with Crippen LogP contribution in [0.2, 0.25) is 0 Å². The first kappa shape index (κ1) is 13.0. The summed E-state index contributed by atoms with van der Waals surface area (Å²) in [7, 11) is 1.42. The summed E-state index contributed by atoms with van der Waals surface area (Å²) in [6.07, 6.45) is -3.87. The number of amides is 1. The Morgan fingerprint density at radius 1 is 1.53 bits per heavy atom. The van der Waals surface area contributed by atoms with E-state index in [1.54, 1.807) is 5.32 Å². The molecule has 0 unspecified atom stereocenters. The van der Waals surface area contributed by atoms with Crippen LogP contribution in [0.1, 0.15) is 16.1 Å². The van der Waals surface area contributed by atoms with Crippen molar-refractivity contribution in [2.24, 2.45) is 7.05 Å². The number of carboxylic acids is 1. The van der Waals surface area contributed by atoms with E-state index in [2.05, 4.69) is 5.10 Å². The molecule has 2 N–H and O–H groups in total. The quantitative estimate of drug-likeness (QED) is 0.809. The van der Waals surface area contributed by atoms with E-state index in [0.29, 0.717) is 0 Å². The summed E-state index contributed by atoms with van der Waals surface area (Å²) in [4.78, 5) is 21.2. The van der Waals surface area contributed by atoms with Crippen molar-refractivity contribution in [3.05, 3.63) is 17.5 Å². The molecule has 0 saturated heterocycles. The van der Waals surface area contributed by atoms with E-state index >= 15 is 0 Å². The Labute approximate surface area is 93.0 Å². The molecule has 0 spiro atoms. The standard InChI is InChI=1S/C8H8F3N3O3/c1-14-3-4(6(15)16)5(13-14)2-12-7(17)8(9,10)11/h3H,2H2,1H3,(H,12,17)(H,15,16). The largest absolute Gasteiger partial charge is 0.478 e. The van der Waals surface area contributed by atoms with Crippen molar-refractivity contribution >= 4 is 11.9 Å². The Morgan fingerprint density at radius 3 is 2.59 bits per heavy atom. The first-order valence-corrected chi connectivity index (χ1v) is 4.32. The van der Waals surface area contributed by atoms with Crippen LogP contribution in [-0.2, 0) is 18.4 Å². The minimum absolute atomic E-state index is 0.141. The highest BCUT2D eigenvalue weighted by Gasteiger charge is 2.38. The summed E-state index contributed by atoms with van der Waals surface area (Å²) in [5.74, 6) is -3.46. The summed E-state index contributed by atoms with van der Waals surface area (Å²) >= 11 is 0. The molecule has 1 amide bonds. The number of hydrogen-bond acceptors (Lipinski definition) is 3. The fourth-order valence-electron chi connectivity index (χ4n) is 1.11. The van der Waals surface area contributed by atoms with Crippen molar-refractivity contribution in [3.8, 4) is 0 Å². The Hall–Kier alpha value is -2.06. The van der Waals surface area contributed by atoms with Gasteiger partial charge in [0.05, 0.1) is 12.2 Å². The molecule has 0 aliphatic carbocycles. The van der Waals surface area contributed by atoms with Crippen LogP contribution in [0, 0.1) is 0 Å². The predicted octanol–water partition coefficient (Wildman–Crippen LogP) is 0.297. The van der Waals surface area contributed by atoms with Gasteiger partial charge in [0.15, 0.2) is 0 Å². The normalized spacial score (nSPS) is 11.3. The lowest BCUT2D eigenvalue weighted by atomic mass is 10.2. The number of carboxylic acid groups (broad SMARTS) is 1. The van der Waals surface area contributed by atoms with Crippen LogP contribution in [0.25, 0.3) is 0 Å². The van der Waals surface area contributed by atoms with E-state index in [-0.39, 0.29) is 11.3 Å². The molecule has 17 heavy (non-hydrogen) atoms. The maximum absolute atomic E-state index is 11.9. The van der Waals surface area contributed by atoms with Gasteiger partial charge in [-0.15, -0.1) is 0 Å². The van der Waals surface area contributed by atoms with Crippen molar-refractivity contribution in [2.75, 3.05) is 0 Å². The number of carbonyl (C=O) groups is 2. The van der Waals surface area contributed by atoms with Crippen molar-refractivity contribution in [1.29, 1.82) is 0 Å². The third kappa shape index (κ3) is 3.20. The monoisotopic (exact) mass is 251 g/mol. The summed E-state index contributed by atoms with van der Waals surface area (Å²) < 4.78 is 36.7. The van der Waals surface area contributed by atoms with Gasteiger partial charge in [-0.1, -0.05) is 0 Å². The summed E-state index contributed by atoms with van der Waals surface area (Å²) in [5, 5.41) is 13.9. The van der Waals surface area contributed by atoms with Crippen LogP contribution < -0.4 is 5.32 Å². The minimum Gasteiger partial charge on any atom is -0.478 e. The third-order valence-corrected chi connectivity index (χ3v) is 1.81. The highest BCUT2D eigenvalue weighted by molar-refractivity contribution is 5.89. The zero-order valence-corrected chi connectivity index (χ0v) is 8.58. The van der Waals surface area contributed by atoms with E-state index in [0.717, 1.165) is 10.9 Å². The van der Waals surface area contributed by atoms with Crippen LogP contribution in [0.4, 0.5) is 13.2 Å².